The smallest absolute Gasteiger partial charge is 0.193 e. The van der Waals surface area contributed by atoms with E-state index >= 15 is 0 Å². The Balaban J connectivity index is 1.51. The molecule has 0 fully saturated rings. The Morgan fingerprint density at radius 3 is 1.75 bits per heavy atom. The van der Waals surface area contributed by atoms with Gasteiger partial charge in [-0.05, 0) is 48.2 Å². The van der Waals surface area contributed by atoms with Crippen LogP contribution >= 0.6 is 0 Å². The Labute approximate surface area is 240 Å². The molecule has 3 aromatic rings. The maximum Gasteiger partial charge on any atom is 0.193 e. The van der Waals surface area contributed by atoms with Crippen molar-refractivity contribution in [2.45, 2.75) is 97.3 Å². The van der Waals surface area contributed by atoms with E-state index in [1.807, 2.05) is 36.4 Å². The first-order valence-electron chi connectivity index (χ1n) is 15.2. The summed E-state index contributed by atoms with van der Waals surface area (Å²) in [6.07, 6.45) is 14.2. The van der Waals surface area contributed by atoms with Gasteiger partial charge in [0.2, 0.25) is 0 Å². The highest BCUT2D eigenvalue weighted by Gasteiger charge is 2.16. The quantitative estimate of drug-likeness (QED) is 0.111. The molecule has 0 unspecified atom stereocenters. The molecule has 0 heterocycles. The van der Waals surface area contributed by atoms with E-state index in [0.29, 0.717) is 12.0 Å². The molecule has 0 bridgehead atoms. The molecule has 214 valence electrons. The molecule has 0 radical (unpaired) electrons. The van der Waals surface area contributed by atoms with E-state index in [4.69, 9.17) is 4.74 Å². The molecule has 3 aromatic carbocycles. The lowest BCUT2D eigenvalue weighted by Gasteiger charge is -2.09. The minimum atomic E-state index is -0.628. The lowest BCUT2D eigenvalue weighted by molar-refractivity contribution is 0.0972. The van der Waals surface area contributed by atoms with Gasteiger partial charge in [0.15, 0.2) is 11.6 Å². The van der Waals surface area contributed by atoms with Crippen LogP contribution in [0.1, 0.15) is 124 Å². The number of Topliss-reactive ketones (excluding diaryl/α,β-unsaturated/α-hetero) is 1. The van der Waals surface area contributed by atoms with Crippen LogP contribution in [0.4, 0.5) is 4.39 Å². The van der Waals surface area contributed by atoms with E-state index in [1.54, 1.807) is 18.2 Å². The number of hydrogen-bond donors (Lipinski definition) is 0. The zero-order valence-corrected chi connectivity index (χ0v) is 24.4. The second kappa shape index (κ2) is 17.4. The third-order valence-electron chi connectivity index (χ3n) is 7.39. The summed E-state index contributed by atoms with van der Waals surface area (Å²) in [5.41, 5.74) is 2.81. The van der Waals surface area contributed by atoms with Crippen LogP contribution in [-0.4, -0.2) is 18.2 Å². The molecule has 40 heavy (non-hydrogen) atoms. The highest BCUT2D eigenvalue weighted by atomic mass is 19.1. The van der Waals surface area contributed by atoms with Crippen molar-refractivity contribution >= 4 is 11.6 Å². The lowest BCUT2D eigenvalue weighted by atomic mass is 9.97. The molecule has 0 aliphatic heterocycles. The van der Waals surface area contributed by atoms with Gasteiger partial charge in [0.25, 0.3) is 0 Å². The number of unbranched alkanes of at least 4 members (excludes halogenated alkanes) is 10. The van der Waals surface area contributed by atoms with Crippen molar-refractivity contribution < 1.29 is 18.7 Å². The van der Waals surface area contributed by atoms with Crippen molar-refractivity contribution in [1.82, 2.24) is 0 Å². The molecule has 0 amide bonds. The maximum atomic E-state index is 14.7. The number of hydrogen-bond acceptors (Lipinski definition) is 3. The molecule has 0 atom stereocenters. The molecule has 0 aliphatic carbocycles. The molecule has 0 spiro atoms. The summed E-state index contributed by atoms with van der Waals surface area (Å²) in [4.78, 5) is 25.5. The molecule has 3 nitrogen and oxygen atoms in total. The standard InChI is InChI=1S/C36H45FO3/c1-3-5-7-9-11-13-15-35(38)33-25-22-31(27-34(33)37)36(39)30-18-16-28(17-19-30)29-20-23-32(24-21-29)40-26-14-12-10-8-6-4-2/h16-25,27H,3-15,26H2,1-2H3. The Morgan fingerprint density at radius 2 is 1.15 bits per heavy atom. The van der Waals surface area contributed by atoms with Gasteiger partial charge in [-0.2, -0.15) is 0 Å². The van der Waals surface area contributed by atoms with Crippen molar-refractivity contribution in [1.29, 1.82) is 0 Å². The van der Waals surface area contributed by atoms with Crippen molar-refractivity contribution in [3.05, 3.63) is 89.2 Å². The number of ether oxygens (including phenoxy) is 1. The minimum Gasteiger partial charge on any atom is -0.494 e. The molecular formula is C36H45FO3. The molecule has 0 saturated carbocycles. The van der Waals surface area contributed by atoms with E-state index < -0.39 is 5.82 Å². The van der Waals surface area contributed by atoms with Crippen LogP contribution in [0.15, 0.2) is 66.7 Å². The fourth-order valence-corrected chi connectivity index (χ4v) is 4.88. The summed E-state index contributed by atoms with van der Waals surface area (Å²) >= 11 is 0. The molecule has 3 rings (SSSR count). The molecule has 0 aliphatic rings. The predicted molar refractivity (Wildman–Crippen MR) is 163 cm³/mol. The molecule has 4 heteroatoms. The first kappa shape index (κ1) is 31.3. The highest BCUT2D eigenvalue weighted by molar-refractivity contribution is 6.09. The van der Waals surface area contributed by atoms with Gasteiger partial charge in [-0.25, -0.2) is 4.39 Å². The van der Waals surface area contributed by atoms with Crippen LogP contribution in [0.3, 0.4) is 0 Å². The van der Waals surface area contributed by atoms with Gasteiger partial charge in [0, 0.05) is 17.5 Å². The zero-order valence-electron chi connectivity index (χ0n) is 24.4. The van der Waals surface area contributed by atoms with E-state index in [-0.39, 0.29) is 22.7 Å². The van der Waals surface area contributed by atoms with E-state index in [1.165, 1.54) is 63.5 Å². The van der Waals surface area contributed by atoms with Gasteiger partial charge >= 0.3 is 0 Å². The van der Waals surface area contributed by atoms with Crippen LogP contribution in [0, 0.1) is 5.82 Å². The average Bonchev–Trinajstić information content (AvgIpc) is 2.98. The van der Waals surface area contributed by atoms with Crippen LogP contribution in [0.5, 0.6) is 5.75 Å². The summed E-state index contributed by atoms with van der Waals surface area (Å²) in [7, 11) is 0. The fraction of sp³-hybridized carbons (Fsp3) is 0.444. The van der Waals surface area contributed by atoms with E-state index in [9.17, 15) is 14.0 Å². The minimum absolute atomic E-state index is 0.0693. The third kappa shape index (κ3) is 10.0. The van der Waals surface area contributed by atoms with Crippen molar-refractivity contribution in [2.75, 3.05) is 6.61 Å². The molecule has 0 N–H and O–H groups in total. The van der Waals surface area contributed by atoms with Crippen molar-refractivity contribution in [2.24, 2.45) is 0 Å². The van der Waals surface area contributed by atoms with Crippen LogP contribution in [0.25, 0.3) is 11.1 Å². The lowest BCUT2D eigenvalue weighted by Crippen LogP contribution is -2.06. The van der Waals surface area contributed by atoms with Gasteiger partial charge in [0.1, 0.15) is 11.6 Å². The van der Waals surface area contributed by atoms with Gasteiger partial charge in [0.05, 0.1) is 12.2 Å². The molecule has 0 aromatic heterocycles. The second-order valence-corrected chi connectivity index (χ2v) is 10.7. The summed E-state index contributed by atoms with van der Waals surface area (Å²) in [6, 6.07) is 19.5. The maximum absolute atomic E-state index is 14.7. The van der Waals surface area contributed by atoms with Gasteiger partial charge in [-0.15, -0.1) is 0 Å². The summed E-state index contributed by atoms with van der Waals surface area (Å²) in [5.74, 6) is -0.230. The zero-order chi connectivity index (χ0) is 28.6. The normalized spacial score (nSPS) is 11.0. The number of halogens is 1. The summed E-state index contributed by atoms with van der Waals surface area (Å²) < 4.78 is 20.6. The van der Waals surface area contributed by atoms with Gasteiger partial charge < -0.3 is 4.74 Å². The van der Waals surface area contributed by atoms with Crippen LogP contribution < -0.4 is 4.74 Å². The Kier molecular flexibility index (Phi) is 13.6. The summed E-state index contributed by atoms with van der Waals surface area (Å²) in [5, 5.41) is 0. The van der Waals surface area contributed by atoms with Crippen molar-refractivity contribution in [3.63, 3.8) is 0 Å². The first-order valence-corrected chi connectivity index (χ1v) is 15.2. The second-order valence-electron chi connectivity index (χ2n) is 10.7. The number of ketones is 2. The van der Waals surface area contributed by atoms with E-state index in [0.717, 1.165) is 49.2 Å². The number of rotatable bonds is 19. The SMILES string of the molecule is CCCCCCCCOc1ccc(-c2ccc(C(=O)c3ccc(C(=O)CCCCCCCC)c(F)c3)cc2)cc1. The Bertz CT molecular complexity index is 1180. The average molecular weight is 545 g/mol. The van der Waals surface area contributed by atoms with Gasteiger partial charge in [-0.1, -0.05) is 121 Å². The van der Waals surface area contributed by atoms with Crippen LogP contribution in [-0.2, 0) is 0 Å². The third-order valence-corrected chi connectivity index (χ3v) is 7.39. The predicted octanol–water partition coefficient (Wildman–Crippen LogP) is 10.4. The van der Waals surface area contributed by atoms with Crippen molar-refractivity contribution in [3.8, 4) is 16.9 Å². The Morgan fingerprint density at radius 1 is 0.625 bits per heavy atom. The van der Waals surface area contributed by atoms with Gasteiger partial charge in [-0.3, -0.25) is 9.59 Å². The number of carbonyl (C=O) groups excluding carboxylic acids is 2. The first-order chi connectivity index (χ1) is 19.5. The number of benzene rings is 3. The molecule has 0 saturated heterocycles. The topological polar surface area (TPSA) is 43.4 Å². The number of carbonyl (C=O) groups is 2. The molecular weight excluding hydrogens is 499 g/mol. The Hall–Kier alpha value is -3.27. The summed E-state index contributed by atoms with van der Waals surface area (Å²) in [6.45, 7) is 5.13. The van der Waals surface area contributed by atoms with E-state index in [2.05, 4.69) is 13.8 Å². The highest BCUT2D eigenvalue weighted by Crippen LogP contribution is 2.24. The fourth-order valence-electron chi connectivity index (χ4n) is 4.88. The monoisotopic (exact) mass is 544 g/mol. The van der Waals surface area contributed by atoms with Crippen LogP contribution in [0.2, 0.25) is 0 Å². The largest absolute Gasteiger partial charge is 0.494 e.